The zero-order valence-electron chi connectivity index (χ0n) is 12.5. The molecule has 1 amide bonds. The summed E-state index contributed by atoms with van der Waals surface area (Å²) >= 11 is 1.64. The van der Waals surface area contributed by atoms with Crippen LogP contribution >= 0.6 is 11.3 Å². The Balaban J connectivity index is 1.48. The fourth-order valence-electron chi connectivity index (χ4n) is 2.52. The Hall–Kier alpha value is -1.72. The number of hydrogen-bond donors (Lipinski definition) is 1. The predicted octanol–water partition coefficient (Wildman–Crippen LogP) is 3.04. The number of thiazole rings is 1. The Morgan fingerprint density at radius 1 is 1.32 bits per heavy atom. The van der Waals surface area contributed by atoms with E-state index in [2.05, 4.69) is 27.8 Å². The largest absolute Gasteiger partial charge is 0.368 e. The van der Waals surface area contributed by atoms with Gasteiger partial charge in [0.05, 0.1) is 10.7 Å². The maximum absolute atomic E-state index is 12.0. The van der Waals surface area contributed by atoms with Crippen molar-refractivity contribution in [3.63, 3.8) is 0 Å². The standard InChI is InChI=1S/C17H20N2O2S/c20-17(15-8-4-5-11-21-15)18-10-9-16-19-14(12-22-16)13-6-2-1-3-7-13/h1-3,6-7,12,15H,4-5,8-11H2,(H,18,20)/t15-/m0/s1. The highest BCUT2D eigenvalue weighted by molar-refractivity contribution is 7.09. The van der Waals surface area contributed by atoms with Gasteiger partial charge in [0.2, 0.25) is 5.91 Å². The number of nitrogens with one attached hydrogen (secondary N) is 1. The molecule has 1 aliphatic heterocycles. The van der Waals surface area contributed by atoms with Crippen molar-refractivity contribution in [2.75, 3.05) is 13.2 Å². The van der Waals surface area contributed by atoms with Gasteiger partial charge in [-0.25, -0.2) is 4.98 Å². The first-order chi connectivity index (χ1) is 10.8. The fraction of sp³-hybridized carbons (Fsp3) is 0.412. The minimum Gasteiger partial charge on any atom is -0.368 e. The van der Waals surface area contributed by atoms with Crippen LogP contribution in [0.1, 0.15) is 24.3 Å². The van der Waals surface area contributed by atoms with Gasteiger partial charge in [0, 0.05) is 30.5 Å². The van der Waals surface area contributed by atoms with Crippen molar-refractivity contribution in [1.29, 1.82) is 0 Å². The quantitative estimate of drug-likeness (QED) is 0.922. The van der Waals surface area contributed by atoms with Crippen LogP contribution in [0.5, 0.6) is 0 Å². The van der Waals surface area contributed by atoms with Gasteiger partial charge in [-0.05, 0) is 19.3 Å². The molecule has 0 saturated carbocycles. The summed E-state index contributed by atoms with van der Waals surface area (Å²) in [5.74, 6) is 0.0135. The summed E-state index contributed by atoms with van der Waals surface area (Å²) < 4.78 is 5.48. The highest BCUT2D eigenvalue weighted by atomic mass is 32.1. The molecule has 116 valence electrons. The van der Waals surface area contributed by atoms with Gasteiger partial charge in [0.25, 0.3) is 0 Å². The second-order valence-corrected chi connectivity index (χ2v) is 6.33. The minimum absolute atomic E-state index is 0.0135. The van der Waals surface area contributed by atoms with Crippen molar-refractivity contribution in [1.82, 2.24) is 10.3 Å². The molecule has 1 aliphatic rings. The van der Waals surface area contributed by atoms with Gasteiger partial charge >= 0.3 is 0 Å². The molecule has 0 unspecified atom stereocenters. The van der Waals surface area contributed by atoms with Gasteiger partial charge < -0.3 is 10.1 Å². The van der Waals surface area contributed by atoms with Gasteiger partial charge in [-0.1, -0.05) is 30.3 Å². The van der Waals surface area contributed by atoms with Crippen molar-refractivity contribution in [3.05, 3.63) is 40.7 Å². The number of amides is 1. The smallest absolute Gasteiger partial charge is 0.249 e. The zero-order chi connectivity index (χ0) is 15.2. The molecule has 1 saturated heterocycles. The lowest BCUT2D eigenvalue weighted by molar-refractivity contribution is -0.135. The van der Waals surface area contributed by atoms with Crippen molar-refractivity contribution in [2.24, 2.45) is 0 Å². The molecule has 22 heavy (non-hydrogen) atoms. The van der Waals surface area contributed by atoms with E-state index in [0.717, 1.165) is 41.9 Å². The molecule has 3 rings (SSSR count). The third kappa shape index (κ3) is 3.93. The number of rotatable bonds is 5. The lowest BCUT2D eigenvalue weighted by Crippen LogP contribution is -2.39. The Morgan fingerprint density at radius 3 is 2.95 bits per heavy atom. The third-order valence-corrected chi connectivity index (χ3v) is 4.64. The van der Waals surface area contributed by atoms with Gasteiger partial charge in [-0.15, -0.1) is 11.3 Å². The number of ether oxygens (including phenoxy) is 1. The lowest BCUT2D eigenvalue weighted by atomic mass is 10.1. The molecule has 5 heteroatoms. The number of carbonyl (C=O) groups excluding carboxylic acids is 1. The fourth-order valence-corrected chi connectivity index (χ4v) is 3.33. The molecule has 1 aromatic carbocycles. The zero-order valence-corrected chi connectivity index (χ0v) is 13.3. The summed E-state index contributed by atoms with van der Waals surface area (Å²) in [6.45, 7) is 1.31. The average molecular weight is 316 g/mol. The summed E-state index contributed by atoms with van der Waals surface area (Å²) in [7, 11) is 0. The normalized spacial score (nSPS) is 18.1. The van der Waals surface area contributed by atoms with E-state index in [4.69, 9.17) is 4.74 Å². The van der Waals surface area contributed by atoms with Crippen LogP contribution in [-0.4, -0.2) is 30.1 Å². The molecule has 2 aromatic rings. The molecule has 0 radical (unpaired) electrons. The Morgan fingerprint density at radius 2 is 2.18 bits per heavy atom. The molecule has 0 aliphatic carbocycles. The molecule has 4 nitrogen and oxygen atoms in total. The van der Waals surface area contributed by atoms with Crippen LogP contribution in [0.4, 0.5) is 0 Å². The van der Waals surface area contributed by atoms with Crippen molar-refractivity contribution < 1.29 is 9.53 Å². The van der Waals surface area contributed by atoms with Crippen LogP contribution in [0.15, 0.2) is 35.7 Å². The Labute approximate surface area is 134 Å². The van der Waals surface area contributed by atoms with E-state index >= 15 is 0 Å². The van der Waals surface area contributed by atoms with Crippen molar-refractivity contribution in [3.8, 4) is 11.3 Å². The van der Waals surface area contributed by atoms with E-state index in [1.54, 1.807) is 11.3 Å². The topological polar surface area (TPSA) is 51.2 Å². The van der Waals surface area contributed by atoms with E-state index < -0.39 is 0 Å². The molecule has 2 heterocycles. The molecule has 1 fully saturated rings. The van der Waals surface area contributed by atoms with Gasteiger partial charge in [0.1, 0.15) is 6.10 Å². The summed E-state index contributed by atoms with van der Waals surface area (Å²) in [5.41, 5.74) is 2.13. The van der Waals surface area contributed by atoms with Gasteiger partial charge in [-0.2, -0.15) is 0 Å². The maximum atomic E-state index is 12.0. The van der Waals surface area contributed by atoms with Gasteiger partial charge in [-0.3, -0.25) is 4.79 Å². The van der Waals surface area contributed by atoms with E-state index in [1.807, 2.05) is 18.2 Å². The Kier molecular flexibility index (Phi) is 5.19. The summed E-state index contributed by atoms with van der Waals surface area (Å²) in [6, 6.07) is 10.1. The van der Waals surface area contributed by atoms with Crippen LogP contribution in [0.3, 0.4) is 0 Å². The molecule has 0 bridgehead atoms. The highest BCUT2D eigenvalue weighted by Crippen LogP contribution is 2.21. The summed E-state index contributed by atoms with van der Waals surface area (Å²) in [5, 5.41) is 6.06. The Bertz CT molecular complexity index is 606. The number of nitrogens with zero attached hydrogens (tertiary/aromatic N) is 1. The van der Waals surface area contributed by atoms with Crippen molar-refractivity contribution >= 4 is 17.2 Å². The second kappa shape index (κ2) is 7.51. The molecular formula is C17H20N2O2S. The van der Waals surface area contributed by atoms with Crippen LogP contribution in [-0.2, 0) is 16.0 Å². The maximum Gasteiger partial charge on any atom is 0.249 e. The SMILES string of the molecule is O=C(NCCc1nc(-c2ccccc2)cs1)[C@@H]1CCCCO1. The highest BCUT2D eigenvalue weighted by Gasteiger charge is 2.21. The molecule has 1 aromatic heterocycles. The summed E-state index contributed by atoms with van der Waals surface area (Å²) in [6.07, 6.45) is 3.47. The molecular weight excluding hydrogens is 296 g/mol. The molecule has 1 N–H and O–H groups in total. The number of aromatic nitrogens is 1. The number of benzene rings is 1. The first kappa shape index (κ1) is 15.2. The third-order valence-electron chi connectivity index (χ3n) is 3.73. The van der Waals surface area contributed by atoms with E-state index in [9.17, 15) is 4.79 Å². The first-order valence-electron chi connectivity index (χ1n) is 7.72. The van der Waals surface area contributed by atoms with Crippen LogP contribution < -0.4 is 5.32 Å². The first-order valence-corrected chi connectivity index (χ1v) is 8.60. The molecule has 0 spiro atoms. The van der Waals surface area contributed by atoms with E-state index in [0.29, 0.717) is 13.2 Å². The van der Waals surface area contributed by atoms with Crippen molar-refractivity contribution in [2.45, 2.75) is 31.8 Å². The average Bonchev–Trinajstić information content (AvgIpc) is 3.05. The van der Waals surface area contributed by atoms with E-state index in [-0.39, 0.29) is 12.0 Å². The minimum atomic E-state index is -0.259. The van der Waals surface area contributed by atoms with Gasteiger partial charge in [0.15, 0.2) is 0 Å². The number of hydrogen-bond acceptors (Lipinski definition) is 4. The lowest BCUT2D eigenvalue weighted by Gasteiger charge is -2.21. The number of carbonyl (C=O) groups is 1. The molecule has 1 atom stereocenters. The second-order valence-electron chi connectivity index (χ2n) is 5.39. The van der Waals surface area contributed by atoms with E-state index in [1.165, 1.54) is 0 Å². The van der Waals surface area contributed by atoms with Crippen LogP contribution in [0.2, 0.25) is 0 Å². The monoisotopic (exact) mass is 316 g/mol. The van der Waals surface area contributed by atoms with Crippen LogP contribution in [0.25, 0.3) is 11.3 Å². The summed E-state index contributed by atoms with van der Waals surface area (Å²) in [4.78, 5) is 16.6. The van der Waals surface area contributed by atoms with Crippen LogP contribution in [0, 0.1) is 0 Å². The predicted molar refractivity (Wildman–Crippen MR) is 87.9 cm³/mol.